The Morgan fingerprint density at radius 1 is 1.07 bits per heavy atom. The Bertz CT molecular complexity index is 780. The number of aromatic nitrogens is 2. The minimum absolute atomic E-state index is 0.215. The van der Waals surface area contributed by atoms with Crippen LogP contribution >= 0.6 is 0 Å². The van der Waals surface area contributed by atoms with E-state index in [0.717, 1.165) is 43.0 Å². The first-order chi connectivity index (χ1) is 13.6. The Kier molecular flexibility index (Phi) is 6.85. The second-order valence-corrected chi connectivity index (χ2v) is 7.37. The number of amides is 1. The summed E-state index contributed by atoms with van der Waals surface area (Å²) < 4.78 is 0. The molecule has 6 nitrogen and oxygen atoms in total. The second kappa shape index (κ2) is 9.53. The Morgan fingerprint density at radius 2 is 1.75 bits per heavy atom. The van der Waals surface area contributed by atoms with Crippen molar-refractivity contribution in [2.45, 2.75) is 58.9 Å². The van der Waals surface area contributed by atoms with Crippen LogP contribution in [0.15, 0.2) is 30.3 Å². The van der Waals surface area contributed by atoms with Gasteiger partial charge in [0.25, 0.3) is 5.91 Å². The molecule has 0 saturated heterocycles. The average Bonchev–Trinajstić information content (AvgIpc) is 2.70. The maximum absolute atomic E-state index is 12.7. The Labute approximate surface area is 167 Å². The van der Waals surface area contributed by atoms with E-state index in [9.17, 15) is 4.79 Å². The van der Waals surface area contributed by atoms with Crippen molar-refractivity contribution in [1.29, 1.82) is 0 Å². The molecule has 150 valence electrons. The van der Waals surface area contributed by atoms with Crippen LogP contribution in [-0.2, 0) is 0 Å². The zero-order chi connectivity index (χ0) is 19.9. The van der Waals surface area contributed by atoms with Crippen molar-refractivity contribution in [1.82, 2.24) is 9.97 Å². The van der Waals surface area contributed by atoms with Gasteiger partial charge in [-0.25, -0.2) is 9.97 Å². The summed E-state index contributed by atoms with van der Waals surface area (Å²) in [5.74, 6) is 0.335. The minimum atomic E-state index is -0.215. The summed E-state index contributed by atoms with van der Waals surface area (Å²) in [6.45, 7) is 8.08. The number of anilines is 3. The van der Waals surface area contributed by atoms with Gasteiger partial charge in [0, 0.05) is 36.2 Å². The van der Waals surface area contributed by atoms with Crippen LogP contribution in [0.5, 0.6) is 0 Å². The SMILES string of the molecule is CCN(CC)c1ccc(NC(=O)c2cc(C)nc(NC3CCCCC3)n2)cc1. The lowest BCUT2D eigenvalue weighted by atomic mass is 9.96. The molecule has 2 aromatic rings. The van der Waals surface area contributed by atoms with Gasteiger partial charge in [-0.1, -0.05) is 19.3 Å². The molecule has 6 heteroatoms. The van der Waals surface area contributed by atoms with Gasteiger partial charge < -0.3 is 15.5 Å². The summed E-state index contributed by atoms with van der Waals surface area (Å²) in [6.07, 6.45) is 6.05. The summed E-state index contributed by atoms with van der Waals surface area (Å²) in [5, 5.41) is 6.35. The van der Waals surface area contributed by atoms with Gasteiger partial charge in [-0.15, -0.1) is 0 Å². The van der Waals surface area contributed by atoms with Gasteiger partial charge in [0.15, 0.2) is 0 Å². The van der Waals surface area contributed by atoms with Crippen molar-refractivity contribution >= 4 is 23.2 Å². The third-order valence-corrected chi connectivity index (χ3v) is 5.28. The number of rotatable bonds is 7. The van der Waals surface area contributed by atoms with Crippen molar-refractivity contribution < 1.29 is 4.79 Å². The number of hydrogen-bond acceptors (Lipinski definition) is 5. The molecular weight excluding hydrogens is 350 g/mol. The standard InChI is InChI=1S/C22H31N5O/c1-4-27(5-2)19-13-11-18(12-14-19)24-21(28)20-15-16(3)23-22(26-20)25-17-9-7-6-8-10-17/h11-15,17H,4-10H2,1-3H3,(H,24,28)(H,23,25,26). The van der Waals surface area contributed by atoms with E-state index >= 15 is 0 Å². The predicted molar refractivity (Wildman–Crippen MR) is 115 cm³/mol. The van der Waals surface area contributed by atoms with E-state index in [1.165, 1.54) is 19.3 Å². The fourth-order valence-corrected chi connectivity index (χ4v) is 3.72. The number of carbonyl (C=O) groups is 1. The van der Waals surface area contributed by atoms with Gasteiger partial charge in [-0.2, -0.15) is 0 Å². The number of nitrogens with one attached hydrogen (secondary N) is 2. The molecular formula is C22H31N5O. The number of aryl methyl sites for hydroxylation is 1. The van der Waals surface area contributed by atoms with Gasteiger partial charge in [-0.05, 0) is 63.9 Å². The van der Waals surface area contributed by atoms with Gasteiger partial charge in [0.05, 0.1) is 0 Å². The van der Waals surface area contributed by atoms with Crippen molar-refractivity contribution in [3.63, 3.8) is 0 Å². The summed E-state index contributed by atoms with van der Waals surface area (Å²) in [7, 11) is 0. The molecule has 0 aliphatic heterocycles. The Balaban J connectivity index is 1.68. The molecule has 1 heterocycles. The van der Waals surface area contributed by atoms with Crippen LogP contribution in [0.3, 0.4) is 0 Å². The summed E-state index contributed by atoms with van der Waals surface area (Å²) in [5.41, 5.74) is 3.09. The zero-order valence-corrected chi connectivity index (χ0v) is 17.2. The van der Waals surface area contributed by atoms with Crippen molar-refractivity contribution in [3.8, 4) is 0 Å². The van der Waals surface area contributed by atoms with E-state index in [2.05, 4.69) is 39.3 Å². The first kappa shape index (κ1) is 20.1. The molecule has 0 spiro atoms. The highest BCUT2D eigenvalue weighted by Crippen LogP contribution is 2.21. The molecule has 1 aromatic carbocycles. The molecule has 1 aromatic heterocycles. The normalized spacial score (nSPS) is 14.5. The minimum Gasteiger partial charge on any atom is -0.372 e. The van der Waals surface area contributed by atoms with Crippen LogP contribution in [-0.4, -0.2) is 35.0 Å². The number of hydrogen-bond donors (Lipinski definition) is 2. The highest BCUT2D eigenvalue weighted by Gasteiger charge is 2.16. The highest BCUT2D eigenvalue weighted by atomic mass is 16.1. The molecule has 1 fully saturated rings. The number of benzene rings is 1. The molecule has 0 radical (unpaired) electrons. The van der Waals surface area contributed by atoms with E-state index in [1.54, 1.807) is 6.07 Å². The third kappa shape index (κ3) is 5.21. The van der Waals surface area contributed by atoms with Crippen LogP contribution in [0, 0.1) is 6.92 Å². The van der Waals surface area contributed by atoms with Crippen LogP contribution in [0.1, 0.15) is 62.1 Å². The maximum Gasteiger partial charge on any atom is 0.274 e. The topological polar surface area (TPSA) is 70.2 Å². The summed E-state index contributed by atoms with van der Waals surface area (Å²) in [4.78, 5) is 23.9. The fraction of sp³-hybridized carbons (Fsp3) is 0.500. The van der Waals surface area contributed by atoms with Gasteiger partial charge in [0.2, 0.25) is 5.95 Å². The molecule has 1 aliphatic rings. The molecule has 1 amide bonds. The van der Waals surface area contributed by atoms with Crippen LogP contribution in [0.2, 0.25) is 0 Å². The molecule has 0 atom stereocenters. The monoisotopic (exact) mass is 381 g/mol. The van der Waals surface area contributed by atoms with Crippen LogP contribution in [0.4, 0.5) is 17.3 Å². The summed E-state index contributed by atoms with van der Waals surface area (Å²) >= 11 is 0. The largest absolute Gasteiger partial charge is 0.372 e. The van der Waals surface area contributed by atoms with Gasteiger partial charge in [-0.3, -0.25) is 4.79 Å². The Hall–Kier alpha value is -2.63. The highest BCUT2D eigenvalue weighted by molar-refractivity contribution is 6.03. The first-order valence-electron chi connectivity index (χ1n) is 10.4. The fourth-order valence-electron chi connectivity index (χ4n) is 3.72. The second-order valence-electron chi connectivity index (χ2n) is 7.37. The molecule has 28 heavy (non-hydrogen) atoms. The maximum atomic E-state index is 12.7. The van der Waals surface area contributed by atoms with Crippen LogP contribution in [0.25, 0.3) is 0 Å². The van der Waals surface area contributed by atoms with E-state index < -0.39 is 0 Å². The van der Waals surface area contributed by atoms with E-state index in [1.807, 2.05) is 31.2 Å². The third-order valence-electron chi connectivity index (χ3n) is 5.28. The molecule has 1 saturated carbocycles. The van der Waals surface area contributed by atoms with Crippen molar-refractivity contribution in [3.05, 3.63) is 41.7 Å². The van der Waals surface area contributed by atoms with E-state index in [4.69, 9.17) is 0 Å². The number of nitrogens with zero attached hydrogens (tertiary/aromatic N) is 3. The first-order valence-corrected chi connectivity index (χ1v) is 10.4. The van der Waals surface area contributed by atoms with Crippen molar-refractivity contribution in [2.75, 3.05) is 28.6 Å². The predicted octanol–water partition coefficient (Wildman–Crippen LogP) is 4.63. The molecule has 0 unspecified atom stereocenters. The van der Waals surface area contributed by atoms with E-state index in [-0.39, 0.29) is 5.91 Å². The van der Waals surface area contributed by atoms with Crippen molar-refractivity contribution in [2.24, 2.45) is 0 Å². The molecule has 3 rings (SSSR count). The zero-order valence-electron chi connectivity index (χ0n) is 17.2. The lowest BCUT2D eigenvalue weighted by Gasteiger charge is -2.23. The lowest BCUT2D eigenvalue weighted by molar-refractivity contribution is 0.102. The van der Waals surface area contributed by atoms with Gasteiger partial charge >= 0.3 is 0 Å². The Morgan fingerprint density at radius 3 is 2.39 bits per heavy atom. The van der Waals surface area contributed by atoms with E-state index in [0.29, 0.717) is 17.7 Å². The average molecular weight is 382 g/mol. The molecule has 0 bridgehead atoms. The number of carbonyl (C=O) groups excluding carboxylic acids is 1. The lowest BCUT2D eigenvalue weighted by Crippen LogP contribution is -2.24. The summed E-state index contributed by atoms with van der Waals surface area (Å²) in [6, 6.07) is 10.1. The van der Waals surface area contributed by atoms with Gasteiger partial charge in [0.1, 0.15) is 5.69 Å². The molecule has 2 N–H and O–H groups in total. The van der Waals surface area contributed by atoms with Crippen LogP contribution < -0.4 is 15.5 Å². The molecule has 1 aliphatic carbocycles. The quantitative estimate of drug-likeness (QED) is 0.732. The smallest absolute Gasteiger partial charge is 0.274 e.